The fourth-order valence-corrected chi connectivity index (χ4v) is 3.24. The van der Waals surface area contributed by atoms with Crippen molar-refractivity contribution in [1.82, 2.24) is 9.80 Å². The monoisotopic (exact) mass is 332 g/mol. The summed E-state index contributed by atoms with van der Waals surface area (Å²) >= 11 is 0. The molecule has 6 nitrogen and oxygen atoms in total. The molecule has 1 N–H and O–H groups in total. The van der Waals surface area contributed by atoms with Crippen molar-refractivity contribution in [2.24, 2.45) is 0 Å². The van der Waals surface area contributed by atoms with Crippen molar-refractivity contribution in [2.75, 3.05) is 75.8 Å². The van der Waals surface area contributed by atoms with Crippen LogP contribution >= 0.6 is 0 Å². The Labute approximate surface area is 144 Å². The first-order chi connectivity index (χ1) is 11.7. The second-order valence-electron chi connectivity index (χ2n) is 6.40. The number of nitrogens with zero attached hydrogens (tertiary/aromatic N) is 3. The molecule has 1 aromatic carbocycles. The van der Waals surface area contributed by atoms with Crippen LogP contribution in [-0.4, -0.2) is 81.3 Å². The lowest BCUT2D eigenvalue weighted by Crippen LogP contribution is -2.48. The quantitative estimate of drug-likeness (QED) is 0.875. The van der Waals surface area contributed by atoms with Crippen LogP contribution in [-0.2, 0) is 9.53 Å². The van der Waals surface area contributed by atoms with E-state index >= 15 is 0 Å². The third-order valence-corrected chi connectivity index (χ3v) is 4.81. The Balaban J connectivity index is 1.46. The summed E-state index contributed by atoms with van der Waals surface area (Å²) in [7, 11) is 0. The van der Waals surface area contributed by atoms with Gasteiger partial charge in [-0.3, -0.25) is 9.69 Å². The fraction of sp³-hybridized carbons (Fsp3) is 0.611. The molecule has 0 radical (unpaired) electrons. The maximum absolute atomic E-state index is 12.2. The van der Waals surface area contributed by atoms with Crippen molar-refractivity contribution < 1.29 is 9.53 Å². The van der Waals surface area contributed by atoms with Crippen LogP contribution in [0.15, 0.2) is 24.3 Å². The van der Waals surface area contributed by atoms with Crippen LogP contribution in [0.4, 0.5) is 11.4 Å². The molecular weight excluding hydrogens is 304 g/mol. The molecule has 0 unspecified atom stereocenters. The van der Waals surface area contributed by atoms with Gasteiger partial charge in [-0.05, 0) is 30.8 Å². The lowest BCUT2D eigenvalue weighted by atomic mass is 10.2. The number of morpholine rings is 1. The second kappa shape index (κ2) is 8.46. The molecule has 2 aliphatic rings. The van der Waals surface area contributed by atoms with Crippen LogP contribution in [0.3, 0.4) is 0 Å². The first kappa shape index (κ1) is 17.2. The molecule has 2 saturated heterocycles. The van der Waals surface area contributed by atoms with E-state index in [1.54, 1.807) is 0 Å². The van der Waals surface area contributed by atoms with Crippen LogP contribution in [0.5, 0.6) is 0 Å². The van der Waals surface area contributed by atoms with Gasteiger partial charge in [0.1, 0.15) is 0 Å². The third kappa shape index (κ3) is 4.69. The number of nitrogens with one attached hydrogen (secondary N) is 1. The summed E-state index contributed by atoms with van der Waals surface area (Å²) in [5.74, 6) is 0.0686. The van der Waals surface area contributed by atoms with Crippen molar-refractivity contribution in [3.05, 3.63) is 24.3 Å². The largest absolute Gasteiger partial charge is 0.378 e. The molecule has 0 bridgehead atoms. The highest BCUT2D eigenvalue weighted by Gasteiger charge is 2.18. The third-order valence-electron chi connectivity index (χ3n) is 4.81. The standard InChI is InChI=1S/C18H28N4O2/c1-2-20-7-9-21(10-8-20)15-18(23)19-16-3-5-17(6-4-16)22-11-13-24-14-12-22/h3-6H,2,7-15H2,1H3,(H,19,23). The van der Waals surface area contributed by atoms with Gasteiger partial charge in [0.2, 0.25) is 5.91 Å². The van der Waals surface area contributed by atoms with Gasteiger partial charge in [-0.1, -0.05) is 6.92 Å². The molecule has 0 saturated carbocycles. The van der Waals surface area contributed by atoms with E-state index in [2.05, 4.69) is 39.1 Å². The summed E-state index contributed by atoms with van der Waals surface area (Å²) in [6.07, 6.45) is 0. The number of rotatable bonds is 5. The molecule has 2 heterocycles. The lowest BCUT2D eigenvalue weighted by molar-refractivity contribution is -0.117. The minimum atomic E-state index is 0.0686. The molecular formula is C18H28N4O2. The Morgan fingerprint density at radius 1 is 1.00 bits per heavy atom. The van der Waals surface area contributed by atoms with E-state index in [0.717, 1.165) is 64.7 Å². The van der Waals surface area contributed by atoms with Crippen LogP contribution in [0.1, 0.15) is 6.92 Å². The Bertz CT molecular complexity index is 520. The van der Waals surface area contributed by atoms with Gasteiger partial charge < -0.3 is 19.9 Å². The second-order valence-corrected chi connectivity index (χ2v) is 6.40. The molecule has 1 aromatic rings. The van der Waals surface area contributed by atoms with Gasteiger partial charge in [0, 0.05) is 50.6 Å². The summed E-state index contributed by atoms with van der Waals surface area (Å²) in [5.41, 5.74) is 2.05. The number of hydrogen-bond donors (Lipinski definition) is 1. The first-order valence-corrected chi connectivity index (χ1v) is 8.92. The Kier molecular flexibility index (Phi) is 6.07. The number of carbonyl (C=O) groups is 1. The average Bonchev–Trinajstić information content (AvgIpc) is 2.64. The molecule has 132 valence electrons. The number of anilines is 2. The van der Waals surface area contributed by atoms with Crippen molar-refractivity contribution >= 4 is 17.3 Å². The zero-order valence-electron chi connectivity index (χ0n) is 14.5. The van der Waals surface area contributed by atoms with Crippen molar-refractivity contribution in [2.45, 2.75) is 6.92 Å². The van der Waals surface area contributed by atoms with E-state index in [1.807, 2.05) is 12.1 Å². The van der Waals surface area contributed by atoms with Gasteiger partial charge >= 0.3 is 0 Å². The highest BCUT2D eigenvalue weighted by molar-refractivity contribution is 5.92. The molecule has 0 atom stereocenters. The topological polar surface area (TPSA) is 48.0 Å². The molecule has 24 heavy (non-hydrogen) atoms. The van der Waals surface area contributed by atoms with Crippen LogP contribution in [0.25, 0.3) is 0 Å². The normalized spacial score (nSPS) is 20.1. The maximum Gasteiger partial charge on any atom is 0.238 e. The summed E-state index contributed by atoms with van der Waals surface area (Å²) in [4.78, 5) is 19.2. The van der Waals surface area contributed by atoms with E-state index in [4.69, 9.17) is 4.74 Å². The highest BCUT2D eigenvalue weighted by Crippen LogP contribution is 2.19. The Hall–Kier alpha value is -1.63. The van der Waals surface area contributed by atoms with E-state index in [-0.39, 0.29) is 5.91 Å². The molecule has 6 heteroatoms. The number of piperazine rings is 1. The number of hydrogen-bond acceptors (Lipinski definition) is 5. The summed E-state index contributed by atoms with van der Waals surface area (Å²) in [6, 6.07) is 8.11. The van der Waals surface area contributed by atoms with Gasteiger partial charge in [0.25, 0.3) is 0 Å². The average molecular weight is 332 g/mol. The maximum atomic E-state index is 12.2. The molecule has 0 aromatic heterocycles. The summed E-state index contributed by atoms with van der Waals surface area (Å²) in [6.45, 7) is 11.2. The van der Waals surface area contributed by atoms with Gasteiger partial charge in [-0.25, -0.2) is 0 Å². The van der Waals surface area contributed by atoms with Crippen LogP contribution in [0, 0.1) is 0 Å². The lowest BCUT2D eigenvalue weighted by Gasteiger charge is -2.33. The zero-order chi connectivity index (χ0) is 16.8. The van der Waals surface area contributed by atoms with Crippen molar-refractivity contribution in [3.63, 3.8) is 0 Å². The smallest absolute Gasteiger partial charge is 0.238 e. The van der Waals surface area contributed by atoms with Crippen LogP contribution < -0.4 is 10.2 Å². The van der Waals surface area contributed by atoms with E-state index in [1.165, 1.54) is 5.69 Å². The predicted molar refractivity (Wildman–Crippen MR) is 96.7 cm³/mol. The van der Waals surface area contributed by atoms with Gasteiger partial charge in [-0.2, -0.15) is 0 Å². The van der Waals surface area contributed by atoms with Crippen molar-refractivity contribution in [1.29, 1.82) is 0 Å². The molecule has 0 aliphatic carbocycles. The number of likely N-dealkylation sites (N-methyl/N-ethyl adjacent to an activating group) is 1. The molecule has 0 spiro atoms. The summed E-state index contributed by atoms with van der Waals surface area (Å²) in [5, 5.41) is 3.01. The predicted octanol–water partition coefficient (Wildman–Crippen LogP) is 1.10. The Morgan fingerprint density at radius 3 is 2.25 bits per heavy atom. The van der Waals surface area contributed by atoms with E-state index in [0.29, 0.717) is 6.54 Å². The molecule has 2 aliphatic heterocycles. The number of ether oxygens (including phenoxy) is 1. The number of benzene rings is 1. The zero-order valence-corrected chi connectivity index (χ0v) is 14.5. The van der Waals surface area contributed by atoms with Gasteiger partial charge in [0.15, 0.2) is 0 Å². The minimum absolute atomic E-state index is 0.0686. The number of amides is 1. The van der Waals surface area contributed by atoms with Gasteiger partial charge in [-0.15, -0.1) is 0 Å². The molecule has 3 rings (SSSR count). The number of carbonyl (C=O) groups excluding carboxylic acids is 1. The fourth-order valence-electron chi connectivity index (χ4n) is 3.24. The Morgan fingerprint density at radius 2 is 1.62 bits per heavy atom. The van der Waals surface area contributed by atoms with Crippen LogP contribution in [0.2, 0.25) is 0 Å². The summed E-state index contributed by atoms with van der Waals surface area (Å²) < 4.78 is 5.38. The molecule has 2 fully saturated rings. The van der Waals surface area contributed by atoms with Crippen molar-refractivity contribution in [3.8, 4) is 0 Å². The van der Waals surface area contributed by atoms with Gasteiger partial charge in [0.05, 0.1) is 19.8 Å². The van der Waals surface area contributed by atoms with E-state index in [9.17, 15) is 4.79 Å². The first-order valence-electron chi connectivity index (χ1n) is 8.92. The SMILES string of the molecule is CCN1CCN(CC(=O)Nc2ccc(N3CCOCC3)cc2)CC1. The minimum Gasteiger partial charge on any atom is -0.378 e. The molecule has 1 amide bonds. The highest BCUT2D eigenvalue weighted by atomic mass is 16.5. The van der Waals surface area contributed by atoms with E-state index < -0.39 is 0 Å².